The Morgan fingerprint density at radius 3 is 2.14 bits per heavy atom. The molecule has 0 spiro atoms. The van der Waals surface area contributed by atoms with Crippen molar-refractivity contribution >= 4 is 11.9 Å². The standard InChI is InChI=1S/C17H26FNO3/c18-13(11-12-3-1-2-4-12)14(20)19-17-8-5-16(6-9-17,7-10-17)15(21)22/h12-13H,1-11H2,(H,19,20)(H,21,22). The van der Waals surface area contributed by atoms with Crippen LogP contribution in [0.3, 0.4) is 0 Å². The van der Waals surface area contributed by atoms with E-state index in [1.807, 2.05) is 0 Å². The Morgan fingerprint density at radius 2 is 1.64 bits per heavy atom. The van der Waals surface area contributed by atoms with Crippen LogP contribution >= 0.6 is 0 Å². The first-order valence-corrected chi connectivity index (χ1v) is 8.64. The fraction of sp³-hybridized carbons (Fsp3) is 0.882. The molecular formula is C17H26FNO3. The minimum absolute atomic E-state index is 0.348. The van der Waals surface area contributed by atoms with Gasteiger partial charge in [0.2, 0.25) is 0 Å². The molecule has 0 radical (unpaired) electrons. The van der Waals surface area contributed by atoms with E-state index in [0.29, 0.717) is 50.9 Å². The van der Waals surface area contributed by atoms with Crippen LogP contribution in [-0.2, 0) is 9.59 Å². The number of amides is 1. The van der Waals surface area contributed by atoms with Crippen molar-refractivity contribution in [1.29, 1.82) is 0 Å². The van der Waals surface area contributed by atoms with E-state index in [4.69, 9.17) is 0 Å². The Balaban J connectivity index is 1.55. The molecule has 1 amide bonds. The third-order valence-electron chi connectivity index (χ3n) is 6.39. The van der Waals surface area contributed by atoms with E-state index >= 15 is 0 Å². The summed E-state index contributed by atoms with van der Waals surface area (Å²) in [5, 5.41) is 12.3. The highest BCUT2D eigenvalue weighted by Crippen LogP contribution is 2.52. The molecule has 5 heteroatoms. The summed E-state index contributed by atoms with van der Waals surface area (Å²) in [4.78, 5) is 23.6. The number of fused-ring (bicyclic) bond motifs is 3. The second kappa shape index (κ2) is 5.82. The molecule has 0 saturated heterocycles. The van der Waals surface area contributed by atoms with Crippen molar-refractivity contribution in [2.24, 2.45) is 11.3 Å². The number of hydrogen-bond acceptors (Lipinski definition) is 2. The lowest BCUT2D eigenvalue weighted by molar-refractivity contribution is -0.157. The molecule has 0 aromatic rings. The van der Waals surface area contributed by atoms with Gasteiger partial charge in [-0.15, -0.1) is 0 Å². The molecule has 2 bridgehead atoms. The number of halogens is 1. The van der Waals surface area contributed by atoms with Crippen molar-refractivity contribution in [3.8, 4) is 0 Å². The Labute approximate surface area is 130 Å². The zero-order valence-electron chi connectivity index (χ0n) is 13.1. The summed E-state index contributed by atoms with van der Waals surface area (Å²) in [6.45, 7) is 0. The quantitative estimate of drug-likeness (QED) is 0.819. The van der Waals surface area contributed by atoms with Gasteiger partial charge in [-0.05, 0) is 50.9 Å². The van der Waals surface area contributed by atoms with Gasteiger partial charge in [0.1, 0.15) is 0 Å². The van der Waals surface area contributed by atoms with Gasteiger partial charge in [0.25, 0.3) is 5.91 Å². The van der Waals surface area contributed by atoms with Gasteiger partial charge in [0.05, 0.1) is 5.41 Å². The minimum atomic E-state index is -1.41. The summed E-state index contributed by atoms with van der Waals surface area (Å²) < 4.78 is 14.2. The first-order valence-electron chi connectivity index (χ1n) is 8.64. The summed E-state index contributed by atoms with van der Waals surface area (Å²) >= 11 is 0. The van der Waals surface area contributed by atoms with E-state index in [9.17, 15) is 19.1 Å². The molecule has 4 nitrogen and oxygen atoms in total. The number of carboxylic acids is 1. The second-order valence-corrected chi connectivity index (χ2v) is 7.71. The average Bonchev–Trinajstić information content (AvgIpc) is 3.01. The van der Waals surface area contributed by atoms with Crippen molar-refractivity contribution in [2.45, 2.75) is 82.3 Å². The molecule has 1 unspecified atom stereocenters. The van der Waals surface area contributed by atoms with Crippen LogP contribution in [0.1, 0.15) is 70.6 Å². The number of nitrogens with one attached hydrogen (secondary N) is 1. The zero-order valence-corrected chi connectivity index (χ0v) is 13.1. The molecule has 0 aromatic heterocycles. The maximum atomic E-state index is 14.2. The van der Waals surface area contributed by atoms with E-state index in [2.05, 4.69) is 5.32 Å². The number of carboxylic acid groups (broad SMARTS) is 1. The first kappa shape index (κ1) is 15.8. The maximum Gasteiger partial charge on any atom is 0.309 e. The SMILES string of the molecule is O=C(NC12CCC(C(=O)O)(CC1)CC2)C(F)CC1CCCC1. The lowest BCUT2D eigenvalue weighted by Crippen LogP contribution is -2.59. The van der Waals surface area contributed by atoms with Crippen LogP contribution in [0.2, 0.25) is 0 Å². The summed E-state index contributed by atoms with van der Waals surface area (Å²) in [5.41, 5.74) is -0.945. The van der Waals surface area contributed by atoms with Crippen molar-refractivity contribution in [3.05, 3.63) is 0 Å². The van der Waals surface area contributed by atoms with Crippen molar-refractivity contribution in [1.82, 2.24) is 5.32 Å². The lowest BCUT2D eigenvalue weighted by Gasteiger charge is -2.51. The van der Waals surface area contributed by atoms with Gasteiger partial charge in [-0.2, -0.15) is 0 Å². The van der Waals surface area contributed by atoms with Gasteiger partial charge in [-0.1, -0.05) is 25.7 Å². The van der Waals surface area contributed by atoms with Crippen molar-refractivity contribution in [2.75, 3.05) is 0 Å². The van der Waals surface area contributed by atoms with Crippen LogP contribution in [0, 0.1) is 11.3 Å². The number of carbonyl (C=O) groups is 2. The van der Waals surface area contributed by atoms with Crippen LogP contribution < -0.4 is 5.32 Å². The lowest BCUT2D eigenvalue weighted by atomic mass is 9.57. The number of carbonyl (C=O) groups excluding carboxylic acids is 1. The van der Waals surface area contributed by atoms with Crippen LogP contribution in [0.4, 0.5) is 4.39 Å². The average molecular weight is 311 g/mol. The highest BCUT2D eigenvalue weighted by atomic mass is 19.1. The molecule has 4 aliphatic carbocycles. The van der Waals surface area contributed by atoms with Crippen LogP contribution in [-0.4, -0.2) is 28.7 Å². The van der Waals surface area contributed by atoms with Crippen molar-refractivity contribution < 1.29 is 19.1 Å². The van der Waals surface area contributed by atoms with Crippen LogP contribution in [0.15, 0.2) is 0 Å². The molecule has 22 heavy (non-hydrogen) atoms. The zero-order chi connectivity index (χ0) is 15.8. The molecule has 0 heterocycles. The van der Waals surface area contributed by atoms with E-state index in [0.717, 1.165) is 25.7 Å². The molecule has 124 valence electrons. The number of aliphatic carboxylic acids is 1. The van der Waals surface area contributed by atoms with Gasteiger partial charge in [0, 0.05) is 5.54 Å². The second-order valence-electron chi connectivity index (χ2n) is 7.71. The third kappa shape index (κ3) is 2.86. The fourth-order valence-corrected chi connectivity index (χ4v) is 4.68. The summed E-state index contributed by atoms with van der Waals surface area (Å²) in [5.74, 6) is -0.830. The van der Waals surface area contributed by atoms with Crippen LogP contribution in [0.5, 0.6) is 0 Å². The summed E-state index contributed by atoms with van der Waals surface area (Å²) in [7, 11) is 0. The van der Waals surface area contributed by atoms with Crippen molar-refractivity contribution in [3.63, 3.8) is 0 Å². The van der Waals surface area contributed by atoms with E-state index in [-0.39, 0.29) is 5.54 Å². The summed E-state index contributed by atoms with van der Waals surface area (Å²) in [6.07, 6.45) is 7.13. The largest absolute Gasteiger partial charge is 0.481 e. The molecular weight excluding hydrogens is 285 g/mol. The van der Waals surface area contributed by atoms with E-state index in [1.165, 1.54) is 0 Å². The molecule has 0 aliphatic heterocycles. The first-order chi connectivity index (χ1) is 10.4. The van der Waals surface area contributed by atoms with Gasteiger partial charge in [0.15, 0.2) is 6.17 Å². The number of alkyl halides is 1. The molecule has 4 fully saturated rings. The van der Waals surface area contributed by atoms with Gasteiger partial charge >= 0.3 is 5.97 Å². The molecule has 0 aromatic carbocycles. The Hall–Kier alpha value is -1.13. The topological polar surface area (TPSA) is 66.4 Å². The van der Waals surface area contributed by atoms with Gasteiger partial charge in [-0.25, -0.2) is 4.39 Å². The van der Waals surface area contributed by atoms with Crippen LogP contribution in [0.25, 0.3) is 0 Å². The maximum absolute atomic E-state index is 14.2. The molecule has 4 saturated carbocycles. The van der Waals surface area contributed by atoms with Gasteiger partial charge in [-0.3, -0.25) is 9.59 Å². The summed E-state index contributed by atoms with van der Waals surface area (Å²) in [6, 6.07) is 0. The smallest absolute Gasteiger partial charge is 0.309 e. The Kier molecular flexibility index (Phi) is 4.17. The van der Waals surface area contributed by atoms with E-state index < -0.39 is 23.5 Å². The molecule has 1 atom stereocenters. The normalized spacial score (nSPS) is 36.2. The molecule has 2 N–H and O–H groups in total. The Bertz CT molecular complexity index is 434. The van der Waals surface area contributed by atoms with E-state index in [1.54, 1.807) is 0 Å². The predicted octanol–water partition coefficient (Wildman–Crippen LogP) is 3.20. The minimum Gasteiger partial charge on any atom is -0.481 e. The molecule has 4 rings (SSSR count). The molecule has 4 aliphatic rings. The number of rotatable bonds is 5. The monoisotopic (exact) mass is 311 g/mol. The Morgan fingerprint density at radius 1 is 1.09 bits per heavy atom. The third-order valence-corrected chi connectivity index (χ3v) is 6.39. The highest BCUT2D eigenvalue weighted by Gasteiger charge is 2.53. The van der Waals surface area contributed by atoms with Gasteiger partial charge < -0.3 is 10.4 Å². The predicted molar refractivity (Wildman–Crippen MR) is 80.1 cm³/mol. The highest BCUT2D eigenvalue weighted by molar-refractivity contribution is 5.82. The fourth-order valence-electron chi connectivity index (χ4n) is 4.68. The number of hydrogen-bond donors (Lipinski definition) is 2.